The molecule has 3 heteroatoms. The molecule has 0 saturated heterocycles. The van der Waals surface area contributed by atoms with E-state index in [0.717, 1.165) is 0 Å². The zero-order chi connectivity index (χ0) is 33.5. The molecule has 11 aromatic rings. The minimum Gasteiger partial charge on any atom is -0.309 e. The van der Waals surface area contributed by atoms with Crippen LogP contribution in [0.15, 0.2) is 182 Å². The lowest BCUT2D eigenvalue weighted by molar-refractivity contribution is 1.18. The standard InChI is InChI=1S/C48H30N2S/c1-3-11-31(12-4-1)32-19-23-36(24-20-32)50-45-28-22-34(30-42(45)39-25-26-40-38-16-8-10-18-46(38)51-48(40)47(39)50)33-21-27-44-41(29-33)37-15-7-9-17-43(37)49(44)35-13-5-2-6-14-35/h1-30H. The highest BCUT2D eigenvalue weighted by Crippen LogP contribution is 2.44. The van der Waals surface area contributed by atoms with Crippen molar-refractivity contribution >= 4 is 75.1 Å². The Hall–Kier alpha value is -6.42. The summed E-state index contributed by atoms with van der Waals surface area (Å²) >= 11 is 1.90. The summed E-state index contributed by atoms with van der Waals surface area (Å²) in [4.78, 5) is 0. The number of nitrogens with zero attached hydrogens (tertiary/aromatic N) is 2. The summed E-state index contributed by atoms with van der Waals surface area (Å²) in [5.74, 6) is 0. The van der Waals surface area contributed by atoms with Crippen LogP contribution in [0.3, 0.4) is 0 Å². The van der Waals surface area contributed by atoms with Gasteiger partial charge in [0.1, 0.15) is 0 Å². The Morgan fingerprint density at radius 2 is 0.843 bits per heavy atom. The topological polar surface area (TPSA) is 9.86 Å². The maximum absolute atomic E-state index is 2.48. The molecule has 0 fully saturated rings. The van der Waals surface area contributed by atoms with Crippen LogP contribution in [0.25, 0.3) is 97.4 Å². The van der Waals surface area contributed by atoms with Gasteiger partial charge in [-0.15, -0.1) is 11.3 Å². The van der Waals surface area contributed by atoms with Crippen LogP contribution in [0.5, 0.6) is 0 Å². The van der Waals surface area contributed by atoms with E-state index in [1.54, 1.807) is 0 Å². The van der Waals surface area contributed by atoms with E-state index in [1.807, 2.05) is 11.3 Å². The van der Waals surface area contributed by atoms with Gasteiger partial charge in [0.2, 0.25) is 0 Å². The molecule has 0 unspecified atom stereocenters. The summed E-state index contributed by atoms with van der Waals surface area (Å²) in [6.45, 7) is 0. The van der Waals surface area contributed by atoms with Crippen LogP contribution in [0.1, 0.15) is 0 Å². The highest BCUT2D eigenvalue weighted by Gasteiger charge is 2.19. The smallest absolute Gasteiger partial charge is 0.0719 e. The van der Waals surface area contributed by atoms with Gasteiger partial charge in [-0.1, -0.05) is 121 Å². The Labute approximate surface area is 298 Å². The van der Waals surface area contributed by atoms with Gasteiger partial charge in [-0.05, 0) is 82.9 Å². The van der Waals surface area contributed by atoms with E-state index in [9.17, 15) is 0 Å². The molecule has 2 nitrogen and oxygen atoms in total. The number of benzene rings is 8. The summed E-state index contributed by atoms with van der Waals surface area (Å²) in [5.41, 5.74) is 12.2. The fourth-order valence-electron chi connectivity index (χ4n) is 8.17. The van der Waals surface area contributed by atoms with Crippen molar-refractivity contribution in [1.82, 2.24) is 9.13 Å². The van der Waals surface area contributed by atoms with Crippen LogP contribution < -0.4 is 0 Å². The molecule has 8 aromatic carbocycles. The van der Waals surface area contributed by atoms with E-state index in [1.165, 1.54) is 97.4 Å². The van der Waals surface area contributed by atoms with Crippen molar-refractivity contribution < 1.29 is 0 Å². The van der Waals surface area contributed by atoms with E-state index in [-0.39, 0.29) is 0 Å². The Kier molecular flexibility index (Phi) is 6.16. The molecule has 0 saturated carbocycles. The number of rotatable bonds is 4. The molecule has 0 bridgehead atoms. The highest BCUT2D eigenvalue weighted by atomic mass is 32.1. The molecule has 0 radical (unpaired) electrons. The average Bonchev–Trinajstić information content (AvgIpc) is 3.86. The molecule has 0 amide bonds. The van der Waals surface area contributed by atoms with Gasteiger partial charge in [0.25, 0.3) is 0 Å². The molecular formula is C48H30N2S. The molecule has 0 aliphatic rings. The van der Waals surface area contributed by atoms with Gasteiger partial charge in [0.15, 0.2) is 0 Å². The SMILES string of the molecule is c1ccc(-c2ccc(-n3c4ccc(-c5ccc6c(c5)c5ccccc5n6-c5ccccc5)cc4c4ccc5c6ccccc6sc5c43)cc2)cc1. The monoisotopic (exact) mass is 666 g/mol. The molecule has 11 rings (SSSR count). The number of para-hydroxylation sites is 2. The second-order valence-electron chi connectivity index (χ2n) is 13.3. The van der Waals surface area contributed by atoms with Crippen LogP contribution in [0.2, 0.25) is 0 Å². The lowest BCUT2D eigenvalue weighted by atomic mass is 10.0. The molecule has 3 aromatic heterocycles. The molecule has 0 N–H and O–H groups in total. The number of fused-ring (bicyclic) bond motifs is 10. The first-order valence-electron chi connectivity index (χ1n) is 17.4. The summed E-state index contributed by atoms with van der Waals surface area (Å²) in [6.07, 6.45) is 0. The third-order valence-corrected chi connectivity index (χ3v) is 11.7. The van der Waals surface area contributed by atoms with Crippen molar-refractivity contribution in [3.05, 3.63) is 182 Å². The largest absolute Gasteiger partial charge is 0.309 e. The molecule has 0 atom stereocenters. The van der Waals surface area contributed by atoms with Crippen LogP contribution >= 0.6 is 11.3 Å². The van der Waals surface area contributed by atoms with E-state index in [2.05, 4.69) is 191 Å². The Bertz CT molecular complexity index is 3110. The molecule has 51 heavy (non-hydrogen) atoms. The summed E-state index contributed by atoms with van der Waals surface area (Å²) in [6, 6.07) is 66.6. The Balaban J connectivity index is 1.14. The molecular weight excluding hydrogens is 637 g/mol. The predicted octanol–water partition coefficient (Wildman–Crippen LogP) is 13.6. The van der Waals surface area contributed by atoms with Gasteiger partial charge in [-0.25, -0.2) is 0 Å². The van der Waals surface area contributed by atoms with Crippen LogP contribution in [-0.4, -0.2) is 9.13 Å². The van der Waals surface area contributed by atoms with Crippen LogP contribution in [-0.2, 0) is 0 Å². The van der Waals surface area contributed by atoms with Crippen molar-refractivity contribution in [2.24, 2.45) is 0 Å². The van der Waals surface area contributed by atoms with Crippen LogP contribution in [0.4, 0.5) is 0 Å². The minimum atomic E-state index is 1.17. The number of thiophene rings is 1. The zero-order valence-corrected chi connectivity index (χ0v) is 28.4. The van der Waals surface area contributed by atoms with Gasteiger partial charge in [0, 0.05) is 48.4 Å². The van der Waals surface area contributed by atoms with Crippen molar-refractivity contribution in [1.29, 1.82) is 0 Å². The molecule has 238 valence electrons. The fraction of sp³-hybridized carbons (Fsp3) is 0. The van der Waals surface area contributed by atoms with Gasteiger partial charge in [-0.2, -0.15) is 0 Å². The zero-order valence-electron chi connectivity index (χ0n) is 27.6. The highest BCUT2D eigenvalue weighted by molar-refractivity contribution is 7.26. The molecule has 0 aliphatic carbocycles. The van der Waals surface area contributed by atoms with Gasteiger partial charge in [0.05, 0.1) is 26.8 Å². The first-order chi connectivity index (χ1) is 25.3. The molecule has 0 aliphatic heterocycles. The third kappa shape index (κ3) is 4.29. The van der Waals surface area contributed by atoms with Gasteiger partial charge < -0.3 is 9.13 Å². The molecule has 0 spiro atoms. The maximum Gasteiger partial charge on any atom is 0.0719 e. The Morgan fingerprint density at radius 3 is 1.61 bits per heavy atom. The summed E-state index contributed by atoms with van der Waals surface area (Å²) < 4.78 is 7.51. The van der Waals surface area contributed by atoms with Crippen molar-refractivity contribution in [2.75, 3.05) is 0 Å². The van der Waals surface area contributed by atoms with E-state index < -0.39 is 0 Å². The first-order valence-corrected chi connectivity index (χ1v) is 18.3. The van der Waals surface area contributed by atoms with E-state index in [0.29, 0.717) is 0 Å². The summed E-state index contributed by atoms with van der Waals surface area (Å²) in [7, 11) is 0. The minimum absolute atomic E-state index is 1.17. The van der Waals surface area contributed by atoms with Gasteiger partial charge >= 0.3 is 0 Å². The quantitative estimate of drug-likeness (QED) is 0.177. The third-order valence-electron chi connectivity index (χ3n) is 10.5. The fourth-order valence-corrected chi connectivity index (χ4v) is 9.41. The predicted molar refractivity (Wildman–Crippen MR) is 219 cm³/mol. The van der Waals surface area contributed by atoms with Gasteiger partial charge in [-0.3, -0.25) is 0 Å². The van der Waals surface area contributed by atoms with Crippen molar-refractivity contribution in [3.63, 3.8) is 0 Å². The lowest BCUT2D eigenvalue weighted by Crippen LogP contribution is -1.94. The average molecular weight is 667 g/mol. The summed E-state index contributed by atoms with van der Waals surface area (Å²) in [5, 5.41) is 7.70. The van der Waals surface area contributed by atoms with Crippen molar-refractivity contribution in [3.8, 4) is 33.6 Å². The number of hydrogen-bond acceptors (Lipinski definition) is 1. The second-order valence-corrected chi connectivity index (χ2v) is 14.4. The first kappa shape index (κ1) is 28.4. The maximum atomic E-state index is 2.48. The second kappa shape index (κ2) is 11.0. The number of hydrogen-bond donors (Lipinski definition) is 0. The van der Waals surface area contributed by atoms with Crippen LogP contribution in [0, 0.1) is 0 Å². The Morgan fingerprint density at radius 1 is 0.314 bits per heavy atom. The normalized spacial score (nSPS) is 11.9. The van der Waals surface area contributed by atoms with Crippen molar-refractivity contribution in [2.45, 2.75) is 0 Å². The van der Waals surface area contributed by atoms with E-state index >= 15 is 0 Å². The number of aromatic nitrogens is 2. The van der Waals surface area contributed by atoms with E-state index in [4.69, 9.17) is 0 Å². The molecule has 3 heterocycles. The lowest BCUT2D eigenvalue weighted by Gasteiger charge is -2.11.